The zero-order valence-corrected chi connectivity index (χ0v) is 10.6. The first-order chi connectivity index (χ1) is 8.72. The van der Waals surface area contributed by atoms with Gasteiger partial charge in [-0.3, -0.25) is 4.79 Å². The molecule has 1 saturated carbocycles. The molecule has 2 aliphatic rings. The lowest BCUT2D eigenvalue weighted by Crippen LogP contribution is -2.32. The van der Waals surface area contributed by atoms with E-state index in [2.05, 4.69) is 4.98 Å². The second kappa shape index (κ2) is 4.59. The van der Waals surface area contributed by atoms with Gasteiger partial charge in [-0.05, 0) is 25.3 Å². The van der Waals surface area contributed by atoms with Crippen LogP contribution in [0.1, 0.15) is 24.8 Å². The number of carbonyl (C=O) groups excluding carboxylic acids is 1. The van der Waals surface area contributed by atoms with Crippen LogP contribution in [0.5, 0.6) is 5.88 Å². The predicted octanol–water partition coefficient (Wildman–Crippen LogP) is 1.78. The van der Waals surface area contributed by atoms with Crippen molar-refractivity contribution in [3.05, 3.63) is 23.9 Å². The fourth-order valence-electron chi connectivity index (χ4n) is 2.31. The van der Waals surface area contributed by atoms with Crippen LogP contribution in [-0.2, 0) is 4.79 Å². The molecule has 0 N–H and O–H groups in total. The zero-order valence-electron chi connectivity index (χ0n) is 10.6. The van der Waals surface area contributed by atoms with Gasteiger partial charge in [0.05, 0.1) is 6.54 Å². The molecule has 2 fully saturated rings. The third kappa shape index (κ3) is 2.47. The maximum absolute atomic E-state index is 11.9. The summed E-state index contributed by atoms with van der Waals surface area (Å²) in [5.74, 6) is 1.28. The summed E-state index contributed by atoms with van der Waals surface area (Å²) in [6, 6.07) is 3.88. The Bertz CT molecular complexity index is 440. The van der Waals surface area contributed by atoms with Gasteiger partial charge < -0.3 is 9.64 Å². The number of aromatic nitrogens is 1. The first kappa shape index (κ1) is 11.5. The molecular weight excluding hydrogens is 228 g/mol. The molecule has 18 heavy (non-hydrogen) atoms. The van der Waals surface area contributed by atoms with Crippen LogP contribution in [0, 0.1) is 12.8 Å². The molecule has 1 aromatic rings. The molecule has 0 unspecified atom stereocenters. The Labute approximate surface area is 107 Å². The summed E-state index contributed by atoms with van der Waals surface area (Å²) in [5.41, 5.74) is 1.12. The number of amides is 1. The monoisotopic (exact) mass is 246 g/mol. The molecule has 3 rings (SSSR count). The van der Waals surface area contributed by atoms with Crippen molar-refractivity contribution in [2.45, 2.75) is 32.3 Å². The number of carbonyl (C=O) groups is 1. The molecule has 1 atom stereocenters. The fraction of sp³-hybridized carbons (Fsp3) is 0.571. The Hall–Kier alpha value is -1.58. The van der Waals surface area contributed by atoms with Crippen molar-refractivity contribution in [3.63, 3.8) is 0 Å². The molecule has 0 spiro atoms. The van der Waals surface area contributed by atoms with E-state index in [-0.39, 0.29) is 6.10 Å². The van der Waals surface area contributed by atoms with Crippen molar-refractivity contribution in [1.29, 1.82) is 0 Å². The number of nitrogens with zero attached hydrogens (tertiary/aromatic N) is 2. The van der Waals surface area contributed by atoms with Gasteiger partial charge in [-0.2, -0.15) is 0 Å². The van der Waals surface area contributed by atoms with E-state index in [0.717, 1.165) is 31.4 Å². The minimum absolute atomic E-state index is 0.0999. The van der Waals surface area contributed by atoms with E-state index < -0.39 is 0 Å². The Morgan fingerprint density at radius 1 is 1.39 bits per heavy atom. The van der Waals surface area contributed by atoms with Crippen LogP contribution in [0.4, 0.5) is 0 Å². The molecule has 96 valence electrons. The van der Waals surface area contributed by atoms with Gasteiger partial charge in [-0.15, -0.1) is 0 Å². The largest absolute Gasteiger partial charge is 0.472 e. The SMILES string of the molecule is Cc1ccc(O[C@H]2CCN(C(=O)C3CC3)C2)nc1. The Morgan fingerprint density at radius 3 is 2.89 bits per heavy atom. The summed E-state index contributed by atoms with van der Waals surface area (Å²) in [6.07, 6.45) is 4.95. The third-order valence-electron chi connectivity index (χ3n) is 3.55. The van der Waals surface area contributed by atoms with Crippen LogP contribution >= 0.6 is 0 Å². The average molecular weight is 246 g/mol. The summed E-state index contributed by atoms with van der Waals surface area (Å²) < 4.78 is 5.81. The topological polar surface area (TPSA) is 42.4 Å². The van der Waals surface area contributed by atoms with Crippen molar-refractivity contribution < 1.29 is 9.53 Å². The molecule has 1 aliphatic carbocycles. The van der Waals surface area contributed by atoms with Crippen LogP contribution in [-0.4, -0.2) is 35.0 Å². The Kier molecular flexibility index (Phi) is 2.94. The Balaban J connectivity index is 1.55. The van der Waals surface area contributed by atoms with Gasteiger partial charge in [0.25, 0.3) is 0 Å². The number of hydrogen-bond acceptors (Lipinski definition) is 3. The normalized spacial score (nSPS) is 23.2. The van der Waals surface area contributed by atoms with E-state index >= 15 is 0 Å². The summed E-state index contributed by atoms with van der Waals surface area (Å²) in [5, 5.41) is 0. The molecule has 4 nitrogen and oxygen atoms in total. The van der Waals surface area contributed by atoms with E-state index in [4.69, 9.17) is 4.74 Å². The molecule has 1 amide bonds. The highest BCUT2D eigenvalue weighted by molar-refractivity contribution is 5.81. The van der Waals surface area contributed by atoms with Crippen LogP contribution in [0.25, 0.3) is 0 Å². The summed E-state index contributed by atoms with van der Waals surface area (Å²) in [6.45, 7) is 3.54. The van der Waals surface area contributed by atoms with Gasteiger partial charge in [0.1, 0.15) is 6.10 Å². The minimum atomic E-state index is 0.0999. The molecular formula is C14H18N2O2. The van der Waals surface area contributed by atoms with E-state index in [0.29, 0.717) is 24.2 Å². The number of ether oxygens (including phenoxy) is 1. The van der Waals surface area contributed by atoms with E-state index in [9.17, 15) is 4.79 Å². The van der Waals surface area contributed by atoms with Crippen molar-refractivity contribution in [2.75, 3.05) is 13.1 Å². The summed E-state index contributed by atoms with van der Waals surface area (Å²) in [4.78, 5) is 18.1. The minimum Gasteiger partial charge on any atom is -0.472 e. The van der Waals surface area contributed by atoms with Crippen LogP contribution in [0.15, 0.2) is 18.3 Å². The Morgan fingerprint density at radius 2 is 2.22 bits per heavy atom. The number of aryl methyl sites for hydroxylation is 1. The first-order valence-corrected chi connectivity index (χ1v) is 6.60. The van der Waals surface area contributed by atoms with Crippen LogP contribution in [0.3, 0.4) is 0 Å². The van der Waals surface area contributed by atoms with E-state index in [1.165, 1.54) is 0 Å². The number of rotatable bonds is 3. The van der Waals surface area contributed by atoms with Crippen LogP contribution in [0.2, 0.25) is 0 Å². The highest BCUT2D eigenvalue weighted by Gasteiger charge is 2.37. The molecule has 0 bridgehead atoms. The molecule has 1 saturated heterocycles. The summed E-state index contributed by atoms with van der Waals surface area (Å²) in [7, 11) is 0. The number of hydrogen-bond donors (Lipinski definition) is 0. The number of pyridine rings is 1. The molecule has 1 aromatic heterocycles. The van der Waals surface area contributed by atoms with Gasteiger partial charge in [-0.25, -0.2) is 4.98 Å². The predicted molar refractivity (Wildman–Crippen MR) is 67.3 cm³/mol. The van der Waals surface area contributed by atoms with Gasteiger partial charge in [0, 0.05) is 31.1 Å². The van der Waals surface area contributed by atoms with E-state index in [1.807, 2.05) is 24.0 Å². The van der Waals surface area contributed by atoms with Crippen LogP contribution < -0.4 is 4.74 Å². The molecule has 2 heterocycles. The van der Waals surface area contributed by atoms with Gasteiger partial charge in [-0.1, -0.05) is 6.07 Å². The third-order valence-corrected chi connectivity index (χ3v) is 3.55. The molecule has 0 radical (unpaired) electrons. The maximum atomic E-state index is 11.9. The van der Waals surface area contributed by atoms with Gasteiger partial charge in [0.15, 0.2) is 0 Å². The highest BCUT2D eigenvalue weighted by Crippen LogP contribution is 2.32. The number of likely N-dealkylation sites (tertiary alicyclic amines) is 1. The molecule has 4 heteroatoms. The average Bonchev–Trinajstić information content (AvgIpc) is 3.12. The quantitative estimate of drug-likeness (QED) is 0.816. The van der Waals surface area contributed by atoms with Crippen molar-refractivity contribution >= 4 is 5.91 Å². The molecule has 0 aromatic carbocycles. The first-order valence-electron chi connectivity index (χ1n) is 6.60. The summed E-state index contributed by atoms with van der Waals surface area (Å²) >= 11 is 0. The zero-order chi connectivity index (χ0) is 12.5. The van der Waals surface area contributed by atoms with Crippen molar-refractivity contribution in [1.82, 2.24) is 9.88 Å². The fourth-order valence-corrected chi connectivity index (χ4v) is 2.31. The van der Waals surface area contributed by atoms with Crippen molar-refractivity contribution in [3.8, 4) is 5.88 Å². The lowest BCUT2D eigenvalue weighted by atomic mass is 10.3. The second-order valence-corrected chi connectivity index (χ2v) is 5.26. The van der Waals surface area contributed by atoms with Gasteiger partial charge >= 0.3 is 0 Å². The second-order valence-electron chi connectivity index (χ2n) is 5.26. The highest BCUT2D eigenvalue weighted by atomic mass is 16.5. The smallest absolute Gasteiger partial charge is 0.225 e. The van der Waals surface area contributed by atoms with Gasteiger partial charge in [0.2, 0.25) is 11.8 Å². The van der Waals surface area contributed by atoms with E-state index in [1.54, 1.807) is 6.20 Å². The van der Waals surface area contributed by atoms with Crippen molar-refractivity contribution in [2.24, 2.45) is 5.92 Å². The maximum Gasteiger partial charge on any atom is 0.225 e. The lowest BCUT2D eigenvalue weighted by molar-refractivity contribution is -0.131. The lowest BCUT2D eigenvalue weighted by Gasteiger charge is -2.16. The molecule has 1 aliphatic heterocycles. The standard InChI is InChI=1S/C14H18N2O2/c1-10-2-5-13(15-8-10)18-12-6-7-16(9-12)14(17)11-3-4-11/h2,5,8,11-12H,3-4,6-7,9H2,1H3/t12-/m0/s1.